The van der Waals surface area contributed by atoms with Crippen LogP contribution in [-0.4, -0.2) is 198 Å². The Balaban J connectivity index is 1.16. The number of hydrogen-bond acceptors (Lipinski definition) is 18. The molecule has 0 unspecified atom stereocenters. The molecule has 572 valence electrons. The lowest BCUT2D eigenvalue weighted by atomic mass is 9.90. The van der Waals surface area contributed by atoms with Gasteiger partial charge in [-0.1, -0.05) is 122 Å². The SMILES string of the molecule is CCc1ccccc1-c1ccc(C[C@H](NC(=O)[C@H](CC(=O)O)NC(=O)[C@H](CO)NC(=O)[C@@H](NC(=O)[C@](C)(Cc2ccccc2F)NC(=O)[C@@H](NC(=O)CNC(=O)[C@H](CCC(=O)O)NC(=O)[C@@H](C)NC(=O)[C@@H](N)Cc2cnc[nH]2)[C@@H](C)O)[C@@H](C)O)C(=O)N[C@@H](Cc2ccc(-c3ccccc3C)cc2)C(N)=O)cc1. The van der Waals surface area contributed by atoms with E-state index in [1.165, 1.54) is 37.6 Å². The van der Waals surface area contributed by atoms with E-state index in [9.17, 15) is 87.9 Å². The Kier molecular flexibility index (Phi) is 31.4. The minimum absolute atomic E-state index is 0.0201. The van der Waals surface area contributed by atoms with Crippen molar-refractivity contribution >= 4 is 76.9 Å². The number of aromatic nitrogens is 2. The lowest BCUT2D eigenvalue weighted by Gasteiger charge is -2.34. The third kappa shape index (κ3) is 25.2. The highest BCUT2D eigenvalue weighted by atomic mass is 19.1. The third-order valence-corrected chi connectivity index (χ3v) is 17.4. The van der Waals surface area contributed by atoms with Crippen molar-refractivity contribution < 1.29 is 92.3 Å². The summed E-state index contributed by atoms with van der Waals surface area (Å²) < 4.78 is 15.5. The molecule has 0 saturated carbocycles. The van der Waals surface area contributed by atoms with E-state index >= 15 is 4.39 Å². The van der Waals surface area contributed by atoms with Gasteiger partial charge in [-0.3, -0.25) is 62.3 Å². The fourth-order valence-electron chi connectivity index (χ4n) is 11.3. The summed E-state index contributed by atoms with van der Waals surface area (Å²) in [4.78, 5) is 183. The molecule has 12 atom stereocenters. The van der Waals surface area contributed by atoms with Crippen LogP contribution in [0.15, 0.2) is 134 Å². The number of carbonyl (C=O) groups excluding carboxylic acids is 11. The number of aryl methyl sites for hydroxylation is 2. The van der Waals surface area contributed by atoms with Crippen LogP contribution in [0, 0.1) is 12.7 Å². The van der Waals surface area contributed by atoms with Gasteiger partial charge < -0.3 is 95.2 Å². The second-order valence-electron chi connectivity index (χ2n) is 26.0. The van der Waals surface area contributed by atoms with E-state index in [4.69, 9.17) is 11.5 Å². The Labute approximate surface area is 615 Å². The lowest BCUT2D eigenvalue weighted by Crippen LogP contribution is -2.67. The number of carboxylic acid groups (broad SMARTS) is 2. The molecule has 32 nitrogen and oxygen atoms in total. The number of primary amides is 1. The molecule has 33 heteroatoms. The average Bonchev–Trinajstić information content (AvgIpc) is 0.948. The normalized spacial score (nSPS) is 14.8. The molecule has 5 aromatic carbocycles. The fraction of sp³-hybridized carbons (Fsp3) is 0.378. The molecule has 20 N–H and O–H groups in total. The predicted molar refractivity (Wildman–Crippen MR) is 385 cm³/mol. The van der Waals surface area contributed by atoms with E-state index in [1.54, 1.807) is 36.4 Å². The molecule has 0 aliphatic heterocycles. The number of H-pyrrole nitrogens is 1. The molecule has 0 radical (unpaired) electrons. The Bertz CT molecular complexity index is 4140. The van der Waals surface area contributed by atoms with Crippen molar-refractivity contribution in [2.45, 2.75) is 165 Å². The Morgan fingerprint density at radius 2 is 1.08 bits per heavy atom. The van der Waals surface area contributed by atoms with Gasteiger partial charge in [0, 0.05) is 44.0 Å². The molecule has 1 heterocycles. The van der Waals surface area contributed by atoms with E-state index in [-0.39, 0.29) is 24.8 Å². The largest absolute Gasteiger partial charge is 0.481 e. The van der Waals surface area contributed by atoms with Crippen LogP contribution in [-0.2, 0) is 94.4 Å². The summed E-state index contributed by atoms with van der Waals surface area (Å²) in [5.41, 5.74) is 16.5. The summed E-state index contributed by atoms with van der Waals surface area (Å²) in [6.45, 7) is 6.03. The first-order valence-electron chi connectivity index (χ1n) is 34.2. The maximum Gasteiger partial charge on any atom is 0.305 e. The van der Waals surface area contributed by atoms with Gasteiger partial charge in [-0.2, -0.15) is 0 Å². The van der Waals surface area contributed by atoms with Gasteiger partial charge in [0.05, 0.1) is 44.1 Å². The van der Waals surface area contributed by atoms with Crippen molar-refractivity contribution in [3.8, 4) is 22.3 Å². The molecule has 6 aromatic rings. The van der Waals surface area contributed by atoms with E-state index < -0.39 is 194 Å². The highest BCUT2D eigenvalue weighted by Crippen LogP contribution is 2.27. The van der Waals surface area contributed by atoms with Gasteiger partial charge in [-0.15, -0.1) is 0 Å². The molecule has 0 aliphatic rings. The van der Waals surface area contributed by atoms with Crippen molar-refractivity contribution in [2.75, 3.05) is 13.2 Å². The maximum atomic E-state index is 15.5. The molecule has 107 heavy (non-hydrogen) atoms. The van der Waals surface area contributed by atoms with Gasteiger partial charge in [0.1, 0.15) is 59.7 Å². The quantitative estimate of drug-likeness (QED) is 0.0215. The molecule has 0 aliphatic carbocycles. The van der Waals surface area contributed by atoms with Crippen LogP contribution in [0.5, 0.6) is 0 Å². The number of amides is 11. The Morgan fingerprint density at radius 3 is 1.64 bits per heavy atom. The molecular formula is C74H91FN14O18. The zero-order valence-corrected chi connectivity index (χ0v) is 59.6. The fourth-order valence-corrected chi connectivity index (χ4v) is 11.3. The van der Waals surface area contributed by atoms with Gasteiger partial charge in [-0.25, -0.2) is 9.37 Å². The minimum Gasteiger partial charge on any atom is -0.481 e. The Morgan fingerprint density at radius 1 is 0.561 bits per heavy atom. The van der Waals surface area contributed by atoms with Crippen molar-refractivity contribution in [1.82, 2.24) is 63.1 Å². The maximum absolute atomic E-state index is 15.5. The summed E-state index contributed by atoms with van der Waals surface area (Å²) in [5.74, 6) is -16.6. The zero-order chi connectivity index (χ0) is 78.8. The molecule has 0 bridgehead atoms. The standard InChI is InChI=1S/C74H91FN14O18/c1-7-45-15-9-12-18-51(45)47-26-22-44(23-27-47)31-56(68(102)83-55(64(77)98)30-43-20-24-46(25-21-43)50-17-11-8-14-39(50)2)84-69(103)57(33-61(96)97)85-70(104)58(37-90)86-71(105)62(41(4)91)88-73(107)74(6,34-48-16-10-13-19-52(48)75)89-72(106)63(42(5)92)87-59(93)36-79-67(101)54(28-29-60(94)95)82-65(99)40(3)81-66(100)53(76)32-49-35-78-38-80-49/h8-27,35,38,40-42,53-58,62-63,90-92H,7,28-34,36-37,76H2,1-6H3,(H2,77,98)(H,78,80)(H,79,101)(H,81,100)(H,82,99)(H,83,102)(H,84,103)(H,85,104)(H,86,105)(H,87,93)(H,88,107)(H,89,106)(H,94,95)(H,96,97)/t40-,41-,42-,53+,54+,55+,56+,57+,58+,62+,63+,74+/m1/s1. The van der Waals surface area contributed by atoms with Gasteiger partial charge >= 0.3 is 11.9 Å². The predicted octanol–water partition coefficient (Wildman–Crippen LogP) is -1.18. The number of aliphatic hydroxyl groups excluding tert-OH is 3. The summed E-state index contributed by atoms with van der Waals surface area (Å²) in [6, 6.07) is 19.2. The van der Waals surface area contributed by atoms with E-state index in [0.717, 1.165) is 66.6 Å². The zero-order valence-electron chi connectivity index (χ0n) is 59.6. The third-order valence-electron chi connectivity index (χ3n) is 17.4. The number of nitrogens with zero attached hydrogens (tertiary/aromatic N) is 1. The molecule has 11 amide bonds. The summed E-state index contributed by atoms with van der Waals surface area (Å²) in [6.07, 6.45) is -3.64. The molecule has 0 spiro atoms. The highest BCUT2D eigenvalue weighted by Gasteiger charge is 2.43. The minimum atomic E-state index is -2.42. The number of nitrogens with two attached hydrogens (primary N) is 2. The van der Waals surface area contributed by atoms with Crippen LogP contribution in [0.25, 0.3) is 22.3 Å². The molecule has 0 saturated heterocycles. The van der Waals surface area contributed by atoms with E-state index in [1.807, 2.05) is 74.5 Å². The number of halogens is 1. The molecular weight excluding hydrogens is 1390 g/mol. The smallest absolute Gasteiger partial charge is 0.305 e. The van der Waals surface area contributed by atoms with Crippen LogP contribution in [0.1, 0.15) is 87.4 Å². The van der Waals surface area contributed by atoms with Gasteiger partial charge in [-0.05, 0) is 104 Å². The van der Waals surface area contributed by atoms with Crippen LogP contribution in [0.2, 0.25) is 0 Å². The van der Waals surface area contributed by atoms with Crippen molar-refractivity contribution in [3.05, 3.63) is 173 Å². The second kappa shape index (κ2) is 39.9. The number of carboxylic acids is 2. The number of rotatable bonds is 40. The van der Waals surface area contributed by atoms with Crippen molar-refractivity contribution in [2.24, 2.45) is 11.5 Å². The first-order chi connectivity index (χ1) is 50.7. The van der Waals surface area contributed by atoms with E-state index in [2.05, 4.69) is 63.1 Å². The van der Waals surface area contributed by atoms with Crippen molar-refractivity contribution in [3.63, 3.8) is 0 Å². The Hall–Kier alpha value is -11.8. The van der Waals surface area contributed by atoms with Crippen LogP contribution < -0.4 is 64.6 Å². The van der Waals surface area contributed by atoms with Gasteiger partial charge in [0.25, 0.3) is 0 Å². The lowest BCUT2D eigenvalue weighted by molar-refractivity contribution is -0.142. The number of aliphatic hydroxyl groups is 3. The first kappa shape index (κ1) is 84.1. The molecule has 1 aromatic heterocycles. The number of imidazole rings is 1. The molecule has 0 fully saturated rings. The first-order valence-corrected chi connectivity index (χ1v) is 34.2. The number of aromatic amines is 1. The molecule has 6 rings (SSSR count). The van der Waals surface area contributed by atoms with Crippen LogP contribution >= 0.6 is 0 Å². The summed E-state index contributed by atoms with van der Waals surface area (Å²) in [7, 11) is 0. The van der Waals surface area contributed by atoms with Gasteiger partial charge in [0.2, 0.25) is 65.0 Å². The summed E-state index contributed by atoms with van der Waals surface area (Å²) in [5, 5.41) is 75.0. The van der Waals surface area contributed by atoms with Crippen LogP contribution in [0.4, 0.5) is 4.39 Å². The number of benzene rings is 5. The van der Waals surface area contributed by atoms with Gasteiger partial charge in [0.15, 0.2) is 0 Å². The number of aliphatic carboxylic acids is 2. The number of hydrogen-bond donors (Lipinski definition) is 18. The topological polar surface area (TPSA) is 524 Å². The number of carbonyl (C=O) groups is 13. The second-order valence-corrected chi connectivity index (χ2v) is 26.0. The monoisotopic (exact) mass is 1480 g/mol. The van der Waals surface area contributed by atoms with E-state index in [0.29, 0.717) is 16.8 Å². The number of nitrogens with one attached hydrogen (secondary N) is 11. The van der Waals surface area contributed by atoms with Crippen molar-refractivity contribution in [1.29, 1.82) is 0 Å². The average molecular weight is 1480 g/mol. The summed E-state index contributed by atoms with van der Waals surface area (Å²) >= 11 is 0. The van der Waals surface area contributed by atoms with Crippen LogP contribution in [0.3, 0.4) is 0 Å². The highest BCUT2D eigenvalue weighted by molar-refractivity contribution is 6.00.